The van der Waals surface area contributed by atoms with Crippen LogP contribution < -0.4 is 10.7 Å². The second kappa shape index (κ2) is 10.3. The van der Waals surface area contributed by atoms with Gasteiger partial charge < -0.3 is 19.9 Å². The lowest BCUT2D eigenvalue weighted by Gasteiger charge is -2.47. The molecule has 0 spiro atoms. The number of halogens is 1. The van der Waals surface area contributed by atoms with E-state index in [4.69, 9.17) is 0 Å². The fourth-order valence-corrected chi connectivity index (χ4v) is 5.65. The molecule has 0 aliphatic carbocycles. The number of pyridine rings is 1. The van der Waals surface area contributed by atoms with Crippen LogP contribution in [0.1, 0.15) is 38.4 Å². The van der Waals surface area contributed by atoms with Gasteiger partial charge >= 0.3 is 0 Å². The third-order valence-electron chi connectivity index (χ3n) is 7.05. The smallest absolute Gasteiger partial charge is 0.275 e. The van der Waals surface area contributed by atoms with Crippen LogP contribution in [0.3, 0.4) is 0 Å². The number of amides is 2. The first kappa shape index (κ1) is 26.6. The van der Waals surface area contributed by atoms with E-state index in [2.05, 4.69) is 10.2 Å². The van der Waals surface area contributed by atoms with Crippen molar-refractivity contribution in [3.8, 4) is 5.75 Å². The van der Waals surface area contributed by atoms with E-state index < -0.39 is 44.8 Å². The van der Waals surface area contributed by atoms with Gasteiger partial charge in [-0.15, -0.1) is 0 Å². The molecule has 2 aromatic carbocycles. The van der Waals surface area contributed by atoms with Gasteiger partial charge in [0.05, 0.1) is 11.4 Å². The van der Waals surface area contributed by atoms with Crippen molar-refractivity contribution in [1.82, 2.24) is 19.7 Å². The van der Waals surface area contributed by atoms with Crippen molar-refractivity contribution in [1.29, 1.82) is 0 Å². The highest BCUT2D eigenvalue weighted by molar-refractivity contribution is 7.90. The molecule has 1 saturated heterocycles. The van der Waals surface area contributed by atoms with Gasteiger partial charge in [-0.1, -0.05) is 24.3 Å². The molecule has 2 N–H and O–H groups in total. The minimum atomic E-state index is -3.32. The number of rotatable bonds is 6. The van der Waals surface area contributed by atoms with E-state index in [1.54, 1.807) is 29.2 Å². The Hall–Kier alpha value is -4.03. The fraction of sp³-hybridized carbons (Fsp3) is 0.296. The predicted molar refractivity (Wildman–Crippen MR) is 139 cm³/mol. The number of hydrogen-bond acceptors (Lipinski definition) is 7. The summed E-state index contributed by atoms with van der Waals surface area (Å²) in [7, 11) is -3.32. The SMILES string of the molecule is CS(=O)(=O)c1ccc(CN2CCCN3C(=O)c4c(O)c(=O)c(C(=O)NCc5ccc(F)cc5)cn4CC23)cc1. The van der Waals surface area contributed by atoms with E-state index in [1.165, 1.54) is 35.0 Å². The summed E-state index contributed by atoms with van der Waals surface area (Å²) < 4.78 is 38.2. The van der Waals surface area contributed by atoms with Crippen LogP contribution in [-0.4, -0.2) is 65.2 Å². The number of hydrogen-bond donors (Lipinski definition) is 2. The Morgan fingerprint density at radius 2 is 1.72 bits per heavy atom. The zero-order chi connectivity index (χ0) is 27.9. The number of carbonyl (C=O) groups excluding carboxylic acids is 2. The Morgan fingerprint density at radius 1 is 1.05 bits per heavy atom. The zero-order valence-electron chi connectivity index (χ0n) is 21.1. The minimum absolute atomic E-state index is 0.0439. The van der Waals surface area contributed by atoms with Gasteiger partial charge in [0, 0.05) is 38.6 Å². The van der Waals surface area contributed by atoms with Crippen molar-refractivity contribution >= 4 is 21.7 Å². The summed E-state index contributed by atoms with van der Waals surface area (Å²) in [5.74, 6) is -2.42. The topological polar surface area (TPSA) is 129 Å². The lowest BCUT2D eigenvalue weighted by molar-refractivity contribution is -0.0140. The van der Waals surface area contributed by atoms with Gasteiger partial charge in [-0.3, -0.25) is 19.3 Å². The van der Waals surface area contributed by atoms with Crippen molar-refractivity contribution in [3.05, 3.63) is 93.2 Å². The average molecular weight is 555 g/mol. The Bertz CT molecular complexity index is 1600. The molecule has 2 aliphatic rings. The monoisotopic (exact) mass is 554 g/mol. The molecule has 0 saturated carbocycles. The largest absolute Gasteiger partial charge is 0.503 e. The first-order chi connectivity index (χ1) is 18.5. The highest BCUT2D eigenvalue weighted by Gasteiger charge is 2.40. The molecule has 39 heavy (non-hydrogen) atoms. The molecular weight excluding hydrogens is 527 g/mol. The maximum Gasteiger partial charge on any atom is 0.275 e. The molecule has 2 aliphatic heterocycles. The maximum absolute atomic E-state index is 13.4. The highest BCUT2D eigenvalue weighted by atomic mass is 32.2. The second-order valence-corrected chi connectivity index (χ2v) is 11.8. The molecule has 1 unspecified atom stereocenters. The molecule has 1 atom stereocenters. The number of carbonyl (C=O) groups is 2. The van der Waals surface area contributed by atoms with Crippen LogP contribution in [0.5, 0.6) is 5.75 Å². The van der Waals surface area contributed by atoms with Crippen LogP contribution in [0.15, 0.2) is 64.4 Å². The number of fused-ring (bicyclic) bond motifs is 2. The zero-order valence-corrected chi connectivity index (χ0v) is 21.9. The highest BCUT2D eigenvalue weighted by Crippen LogP contribution is 2.29. The first-order valence-electron chi connectivity index (χ1n) is 12.4. The Kier molecular flexibility index (Phi) is 7.00. The molecular formula is C27H27FN4O6S. The van der Waals surface area contributed by atoms with Crippen LogP contribution in [0, 0.1) is 5.82 Å². The van der Waals surface area contributed by atoms with E-state index in [-0.39, 0.29) is 29.2 Å². The number of nitrogens with zero attached hydrogens (tertiary/aromatic N) is 3. The molecule has 0 radical (unpaired) electrons. The molecule has 3 aromatic rings. The number of nitrogens with one attached hydrogen (secondary N) is 1. The first-order valence-corrected chi connectivity index (χ1v) is 14.2. The molecule has 3 heterocycles. The molecule has 10 nitrogen and oxygen atoms in total. The lowest BCUT2D eigenvalue weighted by Crippen LogP contribution is -2.60. The van der Waals surface area contributed by atoms with Gasteiger partial charge in [0.1, 0.15) is 17.5 Å². The summed E-state index contributed by atoms with van der Waals surface area (Å²) in [6.45, 7) is 1.83. The van der Waals surface area contributed by atoms with E-state index in [0.717, 1.165) is 11.8 Å². The quantitative estimate of drug-likeness (QED) is 0.475. The third-order valence-corrected chi connectivity index (χ3v) is 8.18. The van der Waals surface area contributed by atoms with Crippen LogP contribution in [0.2, 0.25) is 0 Å². The fourth-order valence-electron chi connectivity index (χ4n) is 5.02. The number of aromatic nitrogens is 1. The van der Waals surface area contributed by atoms with Crippen molar-refractivity contribution in [3.63, 3.8) is 0 Å². The van der Waals surface area contributed by atoms with Crippen LogP contribution in [0.4, 0.5) is 4.39 Å². The molecule has 12 heteroatoms. The van der Waals surface area contributed by atoms with Crippen molar-refractivity contribution in [2.75, 3.05) is 19.3 Å². The Labute approximate surface area is 224 Å². The maximum atomic E-state index is 13.4. The lowest BCUT2D eigenvalue weighted by atomic mass is 10.1. The minimum Gasteiger partial charge on any atom is -0.503 e. The summed E-state index contributed by atoms with van der Waals surface area (Å²) in [6, 6.07) is 12.1. The van der Waals surface area contributed by atoms with Gasteiger partial charge in [0.25, 0.3) is 11.8 Å². The number of aromatic hydroxyl groups is 1. The summed E-state index contributed by atoms with van der Waals surface area (Å²) >= 11 is 0. The summed E-state index contributed by atoms with van der Waals surface area (Å²) in [6.07, 6.45) is 2.72. The van der Waals surface area contributed by atoms with Crippen LogP contribution >= 0.6 is 0 Å². The van der Waals surface area contributed by atoms with Crippen molar-refractivity contribution < 1.29 is 27.5 Å². The molecule has 1 aromatic heterocycles. The third kappa shape index (κ3) is 5.30. The van der Waals surface area contributed by atoms with E-state index in [1.807, 2.05) is 0 Å². The Balaban J connectivity index is 1.39. The molecule has 1 fully saturated rings. The average Bonchev–Trinajstić information content (AvgIpc) is 2.90. The summed E-state index contributed by atoms with van der Waals surface area (Å²) in [5, 5.41) is 13.3. The van der Waals surface area contributed by atoms with E-state index in [9.17, 15) is 32.3 Å². The molecule has 2 amide bonds. The molecule has 204 valence electrons. The summed E-state index contributed by atoms with van der Waals surface area (Å²) in [4.78, 5) is 43.0. The van der Waals surface area contributed by atoms with E-state index in [0.29, 0.717) is 31.6 Å². The molecule has 5 rings (SSSR count). The molecule has 0 bridgehead atoms. The van der Waals surface area contributed by atoms with Crippen molar-refractivity contribution in [2.24, 2.45) is 0 Å². The summed E-state index contributed by atoms with van der Waals surface area (Å²) in [5.41, 5.74) is 0.0832. The second-order valence-electron chi connectivity index (χ2n) is 9.75. The Morgan fingerprint density at radius 3 is 2.38 bits per heavy atom. The van der Waals surface area contributed by atoms with Crippen LogP contribution in [-0.2, 0) is 29.5 Å². The van der Waals surface area contributed by atoms with E-state index >= 15 is 0 Å². The van der Waals surface area contributed by atoms with Gasteiger partial charge in [-0.05, 0) is 41.8 Å². The van der Waals surface area contributed by atoms with Crippen LogP contribution in [0.25, 0.3) is 0 Å². The normalized spacial score (nSPS) is 17.4. The number of sulfone groups is 1. The number of benzene rings is 2. The van der Waals surface area contributed by atoms with Crippen molar-refractivity contribution in [2.45, 2.75) is 37.1 Å². The van der Waals surface area contributed by atoms with Gasteiger partial charge in [-0.25, -0.2) is 12.8 Å². The van der Waals surface area contributed by atoms with Gasteiger partial charge in [0.2, 0.25) is 5.43 Å². The van der Waals surface area contributed by atoms with Gasteiger partial charge in [-0.2, -0.15) is 0 Å². The predicted octanol–water partition coefficient (Wildman–Crippen LogP) is 1.71. The van der Waals surface area contributed by atoms with Gasteiger partial charge in [0.15, 0.2) is 21.3 Å². The standard InChI is InChI=1S/C27H27FN4O6S/c1-39(37,38)20-9-5-18(6-10-20)14-30-11-2-12-32-22(30)16-31-15-21(24(33)25(34)23(31)27(32)36)26(35)29-13-17-3-7-19(28)8-4-17/h3-10,15,22,34H,2,11-14,16H2,1H3,(H,29,35).